The molecule has 0 saturated carbocycles. The summed E-state index contributed by atoms with van der Waals surface area (Å²) >= 11 is 0. The summed E-state index contributed by atoms with van der Waals surface area (Å²) < 4.78 is 17.6. The first-order chi connectivity index (χ1) is 13.0. The maximum atomic E-state index is 8.82. The molecule has 1 aromatic carbocycles. The fourth-order valence-electron chi connectivity index (χ4n) is 3.35. The van der Waals surface area contributed by atoms with Gasteiger partial charge in [0.2, 0.25) is 0 Å². The number of nitriles is 1. The van der Waals surface area contributed by atoms with E-state index >= 15 is 0 Å². The predicted molar refractivity (Wildman–Crippen MR) is 108 cm³/mol. The molecule has 0 saturated heterocycles. The van der Waals surface area contributed by atoms with E-state index in [0.717, 1.165) is 18.4 Å². The zero-order valence-corrected chi connectivity index (χ0v) is 17.1. The topological polar surface area (TPSA) is 51.5 Å². The van der Waals surface area contributed by atoms with E-state index in [4.69, 9.17) is 19.5 Å². The predicted octanol–water partition coefficient (Wildman–Crippen LogP) is 5.24. The van der Waals surface area contributed by atoms with Crippen molar-refractivity contribution in [1.82, 2.24) is 0 Å². The standard InChI is InChI=1S/C23H31NO3/c1-6-20-17(3)7-9-21(27-20)18(4)13-16(2)15-26-22-10-8-19(11-12-24)14-23(22)25-5/h7-8,10,13-14,16,20-21H,6,9,11,15H2,1-5H3/b18-13+/t16-,20+,21+/m0/s1. The van der Waals surface area contributed by atoms with Gasteiger partial charge < -0.3 is 14.2 Å². The van der Waals surface area contributed by atoms with Crippen LogP contribution in [-0.4, -0.2) is 25.9 Å². The van der Waals surface area contributed by atoms with E-state index in [9.17, 15) is 0 Å². The lowest BCUT2D eigenvalue weighted by Crippen LogP contribution is -2.27. The fraction of sp³-hybridized carbons (Fsp3) is 0.522. The minimum absolute atomic E-state index is 0.154. The van der Waals surface area contributed by atoms with Gasteiger partial charge in [-0.15, -0.1) is 0 Å². The van der Waals surface area contributed by atoms with E-state index in [1.807, 2.05) is 18.2 Å². The molecule has 0 radical (unpaired) electrons. The minimum Gasteiger partial charge on any atom is -0.493 e. The Morgan fingerprint density at radius 1 is 1.41 bits per heavy atom. The fourth-order valence-corrected chi connectivity index (χ4v) is 3.35. The average Bonchev–Trinajstić information content (AvgIpc) is 2.67. The van der Waals surface area contributed by atoms with E-state index in [1.165, 1.54) is 11.1 Å². The Hall–Kier alpha value is -2.25. The quantitative estimate of drug-likeness (QED) is 0.588. The summed E-state index contributed by atoms with van der Waals surface area (Å²) in [6.07, 6.45) is 7.23. The number of benzene rings is 1. The lowest BCUT2D eigenvalue weighted by molar-refractivity contribution is 0.0177. The number of methoxy groups -OCH3 is 1. The number of rotatable bonds is 8. The molecule has 27 heavy (non-hydrogen) atoms. The van der Waals surface area contributed by atoms with Crippen molar-refractivity contribution in [2.45, 2.75) is 59.2 Å². The first-order valence-corrected chi connectivity index (χ1v) is 9.65. The van der Waals surface area contributed by atoms with Crippen LogP contribution in [0.5, 0.6) is 11.5 Å². The van der Waals surface area contributed by atoms with Gasteiger partial charge in [-0.2, -0.15) is 5.26 Å². The molecule has 146 valence electrons. The van der Waals surface area contributed by atoms with Crippen LogP contribution >= 0.6 is 0 Å². The van der Waals surface area contributed by atoms with Gasteiger partial charge in [0.1, 0.15) is 0 Å². The third-order valence-corrected chi connectivity index (χ3v) is 4.93. The molecule has 3 atom stereocenters. The lowest BCUT2D eigenvalue weighted by atomic mass is 9.97. The molecule has 4 nitrogen and oxygen atoms in total. The summed E-state index contributed by atoms with van der Waals surface area (Å²) in [4.78, 5) is 0. The van der Waals surface area contributed by atoms with Crippen molar-refractivity contribution in [1.29, 1.82) is 5.26 Å². The van der Waals surface area contributed by atoms with Gasteiger partial charge in [-0.25, -0.2) is 0 Å². The van der Waals surface area contributed by atoms with Crippen LogP contribution in [0.25, 0.3) is 0 Å². The molecule has 1 aliphatic rings. The van der Waals surface area contributed by atoms with Gasteiger partial charge in [-0.1, -0.05) is 32.1 Å². The van der Waals surface area contributed by atoms with Crippen molar-refractivity contribution < 1.29 is 14.2 Å². The SMILES string of the molecule is CC[C@H]1O[C@@H](/C(C)=C/[C@H](C)COc2ccc(CC#N)cc2OC)CC=C1C. The van der Waals surface area contributed by atoms with Crippen molar-refractivity contribution >= 4 is 0 Å². The molecule has 4 heteroatoms. The molecule has 0 unspecified atom stereocenters. The molecule has 1 aromatic rings. The Morgan fingerprint density at radius 3 is 2.85 bits per heavy atom. The third kappa shape index (κ3) is 5.87. The molecule has 2 rings (SSSR count). The minimum atomic E-state index is 0.154. The van der Waals surface area contributed by atoms with Crippen LogP contribution in [0.15, 0.2) is 41.5 Å². The maximum Gasteiger partial charge on any atom is 0.161 e. The Morgan fingerprint density at radius 2 is 2.19 bits per heavy atom. The summed E-state index contributed by atoms with van der Waals surface area (Å²) in [5.41, 5.74) is 3.52. The molecule has 0 N–H and O–H groups in total. The highest BCUT2D eigenvalue weighted by molar-refractivity contribution is 5.43. The van der Waals surface area contributed by atoms with E-state index in [1.54, 1.807) is 7.11 Å². The molecule has 0 aromatic heterocycles. The molecule has 0 aliphatic carbocycles. The zero-order chi connectivity index (χ0) is 19.8. The van der Waals surface area contributed by atoms with Crippen LogP contribution in [0, 0.1) is 17.2 Å². The summed E-state index contributed by atoms with van der Waals surface area (Å²) in [6, 6.07) is 7.79. The van der Waals surface area contributed by atoms with Gasteiger partial charge in [0, 0.05) is 5.92 Å². The van der Waals surface area contributed by atoms with Gasteiger partial charge >= 0.3 is 0 Å². The van der Waals surface area contributed by atoms with Gasteiger partial charge in [0.05, 0.1) is 38.4 Å². The second-order valence-electron chi connectivity index (χ2n) is 7.22. The summed E-state index contributed by atoms with van der Waals surface area (Å²) in [7, 11) is 1.62. The van der Waals surface area contributed by atoms with Crippen LogP contribution in [0.4, 0.5) is 0 Å². The van der Waals surface area contributed by atoms with Gasteiger partial charge in [-0.3, -0.25) is 0 Å². The maximum absolute atomic E-state index is 8.82. The molecule has 0 spiro atoms. The Balaban J connectivity index is 1.96. The molecule has 0 fully saturated rings. The summed E-state index contributed by atoms with van der Waals surface area (Å²) in [5, 5.41) is 8.82. The van der Waals surface area contributed by atoms with Crippen LogP contribution in [0.1, 0.15) is 46.1 Å². The monoisotopic (exact) mass is 369 g/mol. The smallest absolute Gasteiger partial charge is 0.161 e. The third-order valence-electron chi connectivity index (χ3n) is 4.93. The van der Waals surface area contributed by atoms with Crippen molar-refractivity contribution in [3.8, 4) is 17.6 Å². The normalized spacial score (nSPS) is 21.2. The zero-order valence-electron chi connectivity index (χ0n) is 17.1. The molecular formula is C23H31NO3. The van der Waals surface area contributed by atoms with Crippen LogP contribution in [0.3, 0.4) is 0 Å². The van der Waals surface area contributed by atoms with E-state index in [0.29, 0.717) is 24.5 Å². The van der Waals surface area contributed by atoms with Crippen LogP contribution < -0.4 is 9.47 Å². The van der Waals surface area contributed by atoms with E-state index in [-0.39, 0.29) is 18.1 Å². The van der Waals surface area contributed by atoms with E-state index < -0.39 is 0 Å². The summed E-state index contributed by atoms with van der Waals surface area (Å²) in [5.74, 6) is 1.62. The highest BCUT2D eigenvalue weighted by Crippen LogP contribution is 2.29. The number of nitrogens with zero attached hydrogens (tertiary/aromatic N) is 1. The highest BCUT2D eigenvalue weighted by atomic mass is 16.5. The second kappa shape index (κ2) is 10.2. The van der Waals surface area contributed by atoms with Crippen molar-refractivity contribution in [2.75, 3.05) is 13.7 Å². The first-order valence-electron chi connectivity index (χ1n) is 9.65. The molecule has 1 aliphatic heterocycles. The summed E-state index contributed by atoms with van der Waals surface area (Å²) in [6.45, 7) is 9.15. The largest absolute Gasteiger partial charge is 0.493 e. The van der Waals surface area contributed by atoms with Gasteiger partial charge in [-0.05, 0) is 55.5 Å². The molecule has 0 bridgehead atoms. The molecule has 1 heterocycles. The van der Waals surface area contributed by atoms with Gasteiger partial charge in [0.15, 0.2) is 11.5 Å². The Labute approximate surface area is 163 Å². The lowest BCUT2D eigenvalue weighted by Gasteiger charge is -2.30. The van der Waals surface area contributed by atoms with Crippen LogP contribution in [0.2, 0.25) is 0 Å². The number of hydrogen-bond donors (Lipinski definition) is 0. The Bertz CT molecular complexity index is 730. The first kappa shape index (κ1) is 21.1. The Kier molecular flexibility index (Phi) is 7.94. The average molecular weight is 370 g/mol. The van der Waals surface area contributed by atoms with Crippen molar-refractivity contribution in [3.05, 3.63) is 47.1 Å². The van der Waals surface area contributed by atoms with Crippen LogP contribution in [-0.2, 0) is 11.2 Å². The van der Waals surface area contributed by atoms with Crippen molar-refractivity contribution in [3.63, 3.8) is 0 Å². The van der Waals surface area contributed by atoms with Gasteiger partial charge in [0.25, 0.3) is 0 Å². The number of ether oxygens (including phenoxy) is 3. The highest BCUT2D eigenvalue weighted by Gasteiger charge is 2.22. The number of hydrogen-bond acceptors (Lipinski definition) is 4. The second-order valence-corrected chi connectivity index (χ2v) is 7.22. The molecule has 0 amide bonds. The van der Waals surface area contributed by atoms with E-state index in [2.05, 4.69) is 45.9 Å². The molecular weight excluding hydrogens is 338 g/mol. The van der Waals surface area contributed by atoms with Crippen molar-refractivity contribution in [2.24, 2.45) is 5.92 Å².